The molecule has 0 bridgehead atoms. The molecule has 0 fully saturated rings. The van der Waals surface area contributed by atoms with Gasteiger partial charge in [-0.25, -0.2) is 0 Å². The molecule has 35 heavy (non-hydrogen) atoms. The summed E-state index contributed by atoms with van der Waals surface area (Å²) >= 11 is 0. The van der Waals surface area contributed by atoms with Gasteiger partial charge in [0.05, 0.1) is 4.92 Å². The van der Waals surface area contributed by atoms with E-state index in [0.29, 0.717) is 22.7 Å². The molecule has 1 amide bonds. The van der Waals surface area contributed by atoms with Gasteiger partial charge in [-0.05, 0) is 24.6 Å². The molecule has 0 saturated heterocycles. The summed E-state index contributed by atoms with van der Waals surface area (Å²) in [6, 6.07) is 33.4. The molecule has 4 rings (SSSR count). The lowest BCUT2D eigenvalue weighted by molar-refractivity contribution is -0.384. The Kier molecular flexibility index (Phi) is 7.23. The molecule has 0 aliphatic heterocycles. The predicted octanol–water partition coefficient (Wildman–Crippen LogP) is 5.77. The number of nitrogens with zero attached hydrogens (tertiary/aromatic N) is 2. The largest absolute Gasteiger partial charge is 0.324 e. The quantitative estimate of drug-likeness (QED) is 0.181. The molecule has 0 N–H and O–H groups in total. The second-order valence-electron chi connectivity index (χ2n) is 8.01. The Bertz CT molecular complexity index is 1300. The monoisotopic (exact) mass is 484 g/mol. The summed E-state index contributed by atoms with van der Waals surface area (Å²) in [7, 11) is -3.43. The summed E-state index contributed by atoms with van der Waals surface area (Å²) in [6.45, 7) is 2.14. The molecule has 4 aromatic rings. The number of hydrogen-bond donors (Lipinski definition) is 0. The summed E-state index contributed by atoms with van der Waals surface area (Å²) in [5, 5.41) is 12.4. The Hall–Kier alpha value is -4.02. The van der Waals surface area contributed by atoms with Gasteiger partial charge in [0.2, 0.25) is 0 Å². The van der Waals surface area contributed by atoms with E-state index in [1.54, 1.807) is 4.90 Å². The highest BCUT2D eigenvalue weighted by molar-refractivity contribution is 7.79. The maximum atomic E-state index is 15.3. The van der Waals surface area contributed by atoms with Crippen LogP contribution >= 0.6 is 7.14 Å². The summed E-state index contributed by atoms with van der Waals surface area (Å²) in [6.07, 6.45) is 0. The van der Waals surface area contributed by atoms with Crippen molar-refractivity contribution >= 4 is 29.3 Å². The standard InChI is InChI=1S/C28H25N2O4P/c1-2-29(27(31)22-18-20-24(21-19-22)30(32)33)28(23-12-6-3-7-13-23)35(34,25-14-8-4-9-15-25)26-16-10-5-11-17-26/h3-21,28H,2H2,1H3/t28-/m1/s1. The molecule has 0 aromatic heterocycles. The van der Waals surface area contributed by atoms with E-state index in [9.17, 15) is 14.9 Å². The normalized spacial score (nSPS) is 12.0. The number of nitro benzene ring substituents is 1. The average molecular weight is 484 g/mol. The fourth-order valence-corrected chi connectivity index (χ4v) is 7.61. The summed E-state index contributed by atoms with van der Waals surface area (Å²) in [4.78, 5) is 26.0. The second kappa shape index (κ2) is 10.5. The summed E-state index contributed by atoms with van der Waals surface area (Å²) in [5.74, 6) is -1.12. The molecule has 1 atom stereocenters. The van der Waals surface area contributed by atoms with Crippen molar-refractivity contribution in [3.8, 4) is 0 Å². The van der Waals surface area contributed by atoms with Crippen LogP contribution in [0.3, 0.4) is 0 Å². The number of rotatable bonds is 8. The molecule has 4 aromatic carbocycles. The molecule has 0 heterocycles. The maximum Gasteiger partial charge on any atom is 0.269 e. The van der Waals surface area contributed by atoms with E-state index < -0.39 is 17.8 Å². The summed E-state index contributed by atoms with van der Waals surface area (Å²) < 4.78 is 15.3. The maximum absolute atomic E-state index is 15.3. The van der Waals surface area contributed by atoms with Crippen molar-refractivity contribution in [2.75, 3.05) is 6.54 Å². The zero-order valence-corrected chi connectivity index (χ0v) is 20.1. The lowest BCUT2D eigenvalue weighted by Gasteiger charge is -2.37. The van der Waals surface area contributed by atoms with Gasteiger partial charge in [-0.2, -0.15) is 0 Å². The number of hydrogen-bond acceptors (Lipinski definition) is 4. The zero-order chi connectivity index (χ0) is 24.8. The third kappa shape index (κ3) is 4.79. The molecule has 0 spiro atoms. The van der Waals surface area contributed by atoms with Crippen LogP contribution in [0.15, 0.2) is 115 Å². The fourth-order valence-electron chi connectivity index (χ4n) is 4.26. The van der Waals surface area contributed by atoms with Crippen LogP contribution in [0.25, 0.3) is 0 Å². The van der Waals surface area contributed by atoms with Gasteiger partial charge in [0, 0.05) is 34.9 Å². The van der Waals surface area contributed by atoms with Crippen LogP contribution in [0, 0.1) is 10.1 Å². The summed E-state index contributed by atoms with van der Waals surface area (Å²) in [5.41, 5.74) is 0.954. The smallest absolute Gasteiger partial charge is 0.269 e. The number of carbonyl (C=O) groups is 1. The van der Waals surface area contributed by atoms with Crippen LogP contribution in [-0.2, 0) is 4.57 Å². The average Bonchev–Trinajstić information content (AvgIpc) is 2.92. The molecule has 0 aliphatic carbocycles. The Balaban J connectivity index is 1.92. The van der Waals surface area contributed by atoms with Crippen LogP contribution in [-0.4, -0.2) is 22.3 Å². The minimum absolute atomic E-state index is 0.0940. The molecule has 0 aliphatic rings. The zero-order valence-electron chi connectivity index (χ0n) is 19.2. The van der Waals surface area contributed by atoms with E-state index in [4.69, 9.17) is 0 Å². The topological polar surface area (TPSA) is 80.5 Å². The highest BCUT2D eigenvalue weighted by Crippen LogP contribution is 2.58. The molecule has 176 valence electrons. The first-order valence-electron chi connectivity index (χ1n) is 11.3. The number of amides is 1. The van der Waals surface area contributed by atoms with Crippen LogP contribution in [0.4, 0.5) is 5.69 Å². The van der Waals surface area contributed by atoms with Crippen molar-refractivity contribution in [3.63, 3.8) is 0 Å². The Morgan fingerprint density at radius 1 is 0.800 bits per heavy atom. The van der Waals surface area contributed by atoms with Crippen molar-refractivity contribution in [2.24, 2.45) is 0 Å². The van der Waals surface area contributed by atoms with Gasteiger partial charge in [0.1, 0.15) is 5.78 Å². The molecular formula is C28H25N2O4P. The third-order valence-corrected chi connectivity index (χ3v) is 9.34. The van der Waals surface area contributed by atoms with Gasteiger partial charge in [-0.1, -0.05) is 91.0 Å². The van der Waals surface area contributed by atoms with Crippen LogP contribution in [0.5, 0.6) is 0 Å². The molecule has 7 heteroatoms. The molecule has 6 nitrogen and oxygen atoms in total. The van der Waals surface area contributed by atoms with Crippen molar-refractivity contribution in [2.45, 2.75) is 12.7 Å². The molecule has 0 radical (unpaired) electrons. The number of benzene rings is 4. The third-order valence-electron chi connectivity index (χ3n) is 5.94. The Morgan fingerprint density at radius 2 is 1.26 bits per heavy atom. The fraction of sp³-hybridized carbons (Fsp3) is 0.107. The van der Waals surface area contributed by atoms with Crippen LogP contribution < -0.4 is 10.6 Å². The van der Waals surface area contributed by atoms with E-state index in [1.807, 2.05) is 97.9 Å². The first-order chi connectivity index (χ1) is 17.0. The second-order valence-corrected chi connectivity index (χ2v) is 10.8. The van der Waals surface area contributed by atoms with Gasteiger partial charge in [-0.15, -0.1) is 0 Å². The van der Waals surface area contributed by atoms with E-state index in [-0.39, 0.29) is 11.6 Å². The van der Waals surface area contributed by atoms with Gasteiger partial charge in [0.25, 0.3) is 11.6 Å². The highest BCUT2D eigenvalue weighted by Gasteiger charge is 2.43. The van der Waals surface area contributed by atoms with Gasteiger partial charge < -0.3 is 9.46 Å². The van der Waals surface area contributed by atoms with Crippen LogP contribution in [0.2, 0.25) is 0 Å². The van der Waals surface area contributed by atoms with Gasteiger partial charge in [-0.3, -0.25) is 14.9 Å². The highest BCUT2D eigenvalue weighted by atomic mass is 31.2. The first kappa shape index (κ1) is 24.1. The lowest BCUT2D eigenvalue weighted by Crippen LogP contribution is -2.38. The van der Waals surface area contributed by atoms with Gasteiger partial charge in [0.15, 0.2) is 7.14 Å². The minimum atomic E-state index is -3.43. The van der Waals surface area contributed by atoms with Crippen molar-refractivity contribution in [1.82, 2.24) is 4.90 Å². The van der Waals surface area contributed by atoms with Gasteiger partial charge >= 0.3 is 0 Å². The van der Waals surface area contributed by atoms with E-state index >= 15 is 4.57 Å². The SMILES string of the molecule is CCN(C(=O)c1ccc([N+](=O)[O-])cc1)[C@@H](c1ccccc1)P(=O)(c1ccccc1)c1ccccc1. The molecule has 0 unspecified atom stereocenters. The number of nitro groups is 1. The predicted molar refractivity (Wildman–Crippen MR) is 139 cm³/mol. The van der Waals surface area contributed by atoms with Crippen molar-refractivity contribution < 1.29 is 14.3 Å². The lowest BCUT2D eigenvalue weighted by atomic mass is 10.1. The number of carbonyl (C=O) groups excluding carboxylic acids is 1. The van der Waals surface area contributed by atoms with E-state index in [1.165, 1.54) is 24.3 Å². The van der Waals surface area contributed by atoms with Crippen molar-refractivity contribution in [3.05, 3.63) is 137 Å². The van der Waals surface area contributed by atoms with E-state index in [2.05, 4.69) is 0 Å². The Morgan fingerprint density at radius 3 is 1.69 bits per heavy atom. The first-order valence-corrected chi connectivity index (χ1v) is 13.1. The van der Waals surface area contributed by atoms with Crippen molar-refractivity contribution in [1.29, 1.82) is 0 Å². The molecular weight excluding hydrogens is 459 g/mol. The van der Waals surface area contributed by atoms with E-state index in [0.717, 1.165) is 5.56 Å². The number of non-ortho nitro benzene ring substituents is 1. The Labute approximate surface area is 204 Å². The van der Waals surface area contributed by atoms with Crippen LogP contribution in [0.1, 0.15) is 28.6 Å². The molecule has 0 saturated carbocycles. The minimum Gasteiger partial charge on any atom is -0.324 e.